The SMILES string of the molecule is O=C(c1cc([N+](=O)[O-])cc([N+](=O)[O-])c1)N1c2ccccc2Sc2ccc(C(F)(F)F)cc21. The lowest BCUT2D eigenvalue weighted by atomic mass is 10.1. The van der Waals surface area contributed by atoms with Gasteiger partial charge in [0.1, 0.15) is 0 Å². The Bertz CT molecular complexity index is 1260. The predicted molar refractivity (Wildman–Crippen MR) is 108 cm³/mol. The monoisotopic (exact) mass is 461 g/mol. The zero-order valence-electron chi connectivity index (χ0n) is 15.7. The number of anilines is 2. The van der Waals surface area contributed by atoms with E-state index in [1.807, 2.05) is 0 Å². The molecule has 8 nitrogen and oxygen atoms in total. The van der Waals surface area contributed by atoms with Gasteiger partial charge in [0, 0.05) is 21.9 Å². The first-order valence-corrected chi connectivity index (χ1v) is 9.64. The molecule has 162 valence electrons. The molecular weight excluding hydrogens is 451 g/mol. The van der Waals surface area contributed by atoms with E-state index < -0.39 is 44.4 Å². The highest BCUT2D eigenvalue weighted by molar-refractivity contribution is 7.99. The molecule has 0 aliphatic carbocycles. The van der Waals surface area contributed by atoms with Gasteiger partial charge in [0.15, 0.2) is 0 Å². The summed E-state index contributed by atoms with van der Waals surface area (Å²) in [7, 11) is 0. The molecule has 3 aromatic rings. The van der Waals surface area contributed by atoms with Crippen LogP contribution >= 0.6 is 11.8 Å². The Morgan fingerprint density at radius 3 is 2.03 bits per heavy atom. The molecule has 0 aromatic heterocycles. The molecule has 1 aliphatic rings. The molecule has 0 spiro atoms. The number of hydrogen-bond acceptors (Lipinski definition) is 6. The molecule has 0 atom stereocenters. The number of nitro benzene ring substituents is 2. The number of carbonyl (C=O) groups excluding carboxylic acids is 1. The Hall–Kier alpha value is -3.93. The maximum absolute atomic E-state index is 13.4. The van der Waals surface area contributed by atoms with Crippen LogP contribution in [0.15, 0.2) is 70.5 Å². The van der Waals surface area contributed by atoms with Crippen molar-refractivity contribution in [3.63, 3.8) is 0 Å². The van der Waals surface area contributed by atoms with E-state index in [9.17, 15) is 38.2 Å². The standard InChI is InChI=1S/C20H10F3N3O5S/c21-20(22,23)12-5-6-18-16(9-12)24(15-3-1-2-4-17(15)32-18)19(27)11-7-13(25(28)29)10-14(8-11)26(30)31/h1-10H. The second-order valence-corrected chi connectivity index (χ2v) is 7.73. The van der Waals surface area contributed by atoms with Gasteiger partial charge in [0.2, 0.25) is 0 Å². The van der Waals surface area contributed by atoms with Gasteiger partial charge in [-0.25, -0.2) is 0 Å². The summed E-state index contributed by atoms with van der Waals surface area (Å²) in [6.45, 7) is 0. The summed E-state index contributed by atoms with van der Waals surface area (Å²) >= 11 is 1.16. The van der Waals surface area contributed by atoms with Gasteiger partial charge in [-0.3, -0.25) is 29.9 Å². The van der Waals surface area contributed by atoms with Crippen LogP contribution in [-0.2, 0) is 6.18 Å². The van der Waals surface area contributed by atoms with Crippen LogP contribution in [0.5, 0.6) is 0 Å². The predicted octanol–water partition coefficient (Wildman–Crippen LogP) is 5.96. The summed E-state index contributed by atoms with van der Waals surface area (Å²) in [6, 6.07) is 11.8. The zero-order valence-corrected chi connectivity index (χ0v) is 16.5. The van der Waals surface area contributed by atoms with E-state index >= 15 is 0 Å². The highest BCUT2D eigenvalue weighted by atomic mass is 32.2. The van der Waals surface area contributed by atoms with Crippen molar-refractivity contribution in [3.05, 3.63) is 92.0 Å². The molecule has 4 rings (SSSR count). The molecule has 0 radical (unpaired) electrons. The topological polar surface area (TPSA) is 107 Å². The van der Waals surface area contributed by atoms with Crippen LogP contribution in [0, 0.1) is 20.2 Å². The van der Waals surface area contributed by atoms with Crippen molar-refractivity contribution in [3.8, 4) is 0 Å². The van der Waals surface area contributed by atoms with Gasteiger partial charge >= 0.3 is 6.18 Å². The minimum absolute atomic E-state index is 0.0808. The van der Waals surface area contributed by atoms with Crippen molar-refractivity contribution in [2.24, 2.45) is 0 Å². The lowest BCUT2D eigenvalue weighted by molar-refractivity contribution is -0.394. The molecular formula is C20H10F3N3O5S. The first-order chi connectivity index (χ1) is 15.1. The average Bonchev–Trinajstić information content (AvgIpc) is 2.75. The number of rotatable bonds is 3. The molecule has 1 amide bonds. The number of non-ortho nitro benzene ring substituents is 2. The summed E-state index contributed by atoms with van der Waals surface area (Å²) in [5, 5.41) is 22.4. The number of nitro groups is 2. The van der Waals surface area contributed by atoms with Crippen LogP contribution in [0.1, 0.15) is 15.9 Å². The van der Waals surface area contributed by atoms with Crippen molar-refractivity contribution in [1.29, 1.82) is 0 Å². The summed E-state index contributed by atoms with van der Waals surface area (Å²) in [5.41, 5.74) is -2.60. The molecule has 0 unspecified atom stereocenters. The Labute approximate surface area is 181 Å². The van der Waals surface area contributed by atoms with Gasteiger partial charge in [0.05, 0.1) is 38.4 Å². The number of carbonyl (C=O) groups is 1. The minimum Gasteiger partial charge on any atom is -0.275 e. The molecule has 12 heteroatoms. The van der Waals surface area contributed by atoms with E-state index in [4.69, 9.17) is 0 Å². The summed E-state index contributed by atoms with van der Waals surface area (Å²) in [5.74, 6) is -0.940. The Balaban J connectivity index is 1.93. The van der Waals surface area contributed by atoms with Crippen LogP contribution in [-0.4, -0.2) is 15.8 Å². The minimum atomic E-state index is -4.67. The molecule has 0 saturated carbocycles. The van der Waals surface area contributed by atoms with Gasteiger partial charge in [-0.15, -0.1) is 0 Å². The van der Waals surface area contributed by atoms with Gasteiger partial charge in [0.25, 0.3) is 17.3 Å². The van der Waals surface area contributed by atoms with E-state index in [1.165, 1.54) is 12.1 Å². The second kappa shape index (κ2) is 7.64. The first-order valence-electron chi connectivity index (χ1n) is 8.83. The third-order valence-electron chi connectivity index (χ3n) is 4.63. The lowest BCUT2D eigenvalue weighted by Gasteiger charge is -2.31. The number of fused-ring (bicyclic) bond motifs is 2. The van der Waals surface area contributed by atoms with Crippen LogP contribution in [0.3, 0.4) is 0 Å². The molecule has 3 aromatic carbocycles. The highest BCUT2D eigenvalue weighted by Crippen LogP contribution is 2.50. The van der Waals surface area contributed by atoms with Crippen molar-refractivity contribution in [2.75, 3.05) is 4.90 Å². The van der Waals surface area contributed by atoms with Crippen molar-refractivity contribution < 1.29 is 27.8 Å². The second-order valence-electron chi connectivity index (χ2n) is 6.64. The van der Waals surface area contributed by atoms with Crippen LogP contribution in [0.2, 0.25) is 0 Å². The molecule has 0 saturated heterocycles. The largest absolute Gasteiger partial charge is 0.416 e. The number of hydrogen-bond donors (Lipinski definition) is 0. The zero-order chi connectivity index (χ0) is 23.2. The number of alkyl halides is 3. The maximum atomic E-state index is 13.4. The number of benzene rings is 3. The van der Waals surface area contributed by atoms with Crippen molar-refractivity contribution >= 4 is 40.4 Å². The Morgan fingerprint density at radius 2 is 1.44 bits per heavy atom. The highest BCUT2D eigenvalue weighted by Gasteiger charge is 2.35. The van der Waals surface area contributed by atoms with Gasteiger partial charge < -0.3 is 0 Å². The molecule has 1 aliphatic heterocycles. The number of amides is 1. The molecule has 1 heterocycles. The van der Waals surface area contributed by atoms with E-state index in [0.717, 1.165) is 40.9 Å². The fraction of sp³-hybridized carbons (Fsp3) is 0.0500. The Morgan fingerprint density at radius 1 is 0.844 bits per heavy atom. The molecule has 0 fully saturated rings. The fourth-order valence-corrected chi connectivity index (χ4v) is 4.25. The summed E-state index contributed by atoms with van der Waals surface area (Å²) in [6.07, 6.45) is -4.67. The van der Waals surface area contributed by atoms with Crippen LogP contribution < -0.4 is 4.90 Å². The summed E-state index contributed by atoms with van der Waals surface area (Å²) < 4.78 is 40.0. The molecule has 0 N–H and O–H groups in total. The van der Waals surface area contributed by atoms with Gasteiger partial charge in [-0.2, -0.15) is 13.2 Å². The van der Waals surface area contributed by atoms with Crippen molar-refractivity contribution in [1.82, 2.24) is 0 Å². The molecule has 32 heavy (non-hydrogen) atoms. The van der Waals surface area contributed by atoms with E-state index in [0.29, 0.717) is 15.9 Å². The summed E-state index contributed by atoms with van der Waals surface area (Å²) in [4.78, 5) is 36.0. The fourth-order valence-electron chi connectivity index (χ4n) is 3.21. The van der Waals surface area contributed by atoms with E-state index in [-0.39, 0.29) is 11.4 Å². The van der Waals surface area contributed by atoms with E-state index in [1.54, 1.807) is 18.2 Å². The smallest absolute Gasteiger partial charge is 0.275 e. The average molecular weight is 461 g/mol. The normalized spacial score (nSPS) is 12.7. The van der Waals surface area contributed by atoms with Crippen LogP contribution in [0.4, 0.5) is 35.9 Å². The van der Waals surface area contributed by atoms with Crippen LogP contribution in [0.25, 0.3) is 0 Å². The molecule has 0 bridgehead atoms. The van der Waals surface area contributed by atoms with Crippen molar-refractivity contribution in [2.45, 2.75) is 16.0 Å². The first kappa shape index (κ1) is 21.3. The van der Waals surface area contributed by atoms with Gasteiger partial charge in [-0.05, 0) is 30.3 Å². The third kappa shape index (κ3) is 3.75. The quantitative estimate of drug-likeness (QED) is 0.352. The Kier molecular flexibility index (Phi) is 5.09. The van der Waals surface area contributed by atoms with E-state index in [2.05, 4.69) is 0 Å². The number of para-hydroxylation sites is 1. The van der Waals surface area contributed by atoms with Gasteiger partial charge in [-0.1, -0.05) is 23.9 Å². The number of nitrogens with zero attached hydrogens (tertiary/aromatic N) is 3. The number of halogens is 3. The maximum Gasteiger partial charge on any atom is 0.416 e. The lowest BCUT2D eigenvalue weighted by Crippen LogP contribution is -2.29. The third-order valence-corrected chi connectivity index (χ3v) is 5.76.